The third-order valence-electron chi connectivity index (χ3n) is 2.50. The monoisotopic (exact) mass is 181 g/mol. The molecule has 13 heavy (non-hydrogen) atoms. The Morgan fingerprint density at radius 2 is 1.92 bits per heavy atom. The van der Waals surface area contributed by atoms with E-state index in [9.17, 15) is 9.59 Å². The average molecular weight is 181 g/mol. The van der Waals surface area contributed by atoms with Crippen LogP contribution in [0, 0.1) is 5.92 Å². The molecule has 1 rings (SSSR count). The highest BCUT2D eigenvalue weighted by Gasteiger charge is 2.22. The molecule has 0 unspecified atom stereocenters. The molecule has 1 aliphatic rings. The molecule has 0 aromatic rings. The van der Waals surface area contributed by atoms with Crippen molar-refractivity contribution in [2.45, 2.75) is 33.1 Å². The number of hydrogen-bond donors (Lipinski definition) is 1. The van der Waals surface area contributed by atoms with Gasteiger partial charge in [-0.3, -0.25) is 14.9 Å². The van der Waals surface area contributed by atoms with Crippen LogP contribution in [0.25, 0.3) is 0 Å². The average Bonchev–Trinajstić information content (AvgIpc) is 2.41. The smallest absolute Gasteiger partial charge is 0.254 e. The van der Waals surface area contributed by atoms with Gasteiger partial charge < -0.3 is 0 Å². The van der Waals surface area contributed by atoms with Gasteiger partial charge in [-0.25, -0.2) is 0 Å². The first kappa shape index (κ1) is 9.96. The predicted molar refractivity (Wildman–Crippen MR) is 49.9 cm³/mol. The van der Waals surface area contributed by atoms with Crippen molar-refractivity contribution in [1.82, 2.24) is 5.32 Å². The summed E-state index contributed by atoms with van der Waals surface area (Å²) < 4.78 is 0. The summed E-state index contributed by atoms with van der Waals surface area (Å²) in [7, 11) is 0. The summed E-state index contributed by atoms with van der Waals surface area (Å²) in [5.74, 6) is 0.0331. The number of imide groups is 1. The molecular formula is C10H15NO2. The molecule has 0 saturated carbocycles. The standard InChI is InChI=1S/C10H15NO2/c1-3-7(4-2)5-8-6-9(12)11-10(8)13/h6-7H,3-5H2,1-2H3,(H,11,12,13). The molecule has 0 atom stereocenters. The first-order valence-electron chi connectivity index (χ1n) is 4.73. The zero-order valence-corrected chi connectivity index (χ0v) is 8.09. The van der Waals surface area contributed by atoms with Gasteiger partial charge in [0, 0.05) is 11.6 Å². The molecule has 2 amide bonds. The van der Waals surface area contributed by atoms with Gasteiger partial charge in [0.05, 0.1) is 0 Å². The molecule has 3 nitrogen and oxygen atoms in total. The third-order valence-corrected chi connectivity index (χ3v) is 2.50. The predicted octanol–water partition coefficient (Wildman–Crippen LogP) is 1.40. The second-order valence-electron chi connectivity index (χ2n) is 3.37. The van der Waals surface area contributed by atoms with Crippen molar-refractivity contribution in [3.8, 4) is 0 Å². The first-order chi connectivity index (χ1) is 6.17. The van der Waals surface area contributed by atoms with E-state index >= 15 is 0 Å². The molecule has 0 aliphatic carbocycles. The fourth-order valence-electron chi connectivity index (χ4n) is 1.49. The summed E-state index contributed by atoms with van der Waals surface area (Å²) >= 11 is 0. The largest absolute Gasteiger partial charge is 0.289 e. The Bertz CT molecular complexity index is 252. The summed E-state index contributed by atoms with van der Waals surface area (Å²) in [5.41, 5.74) is 0.638. The van der Waals surface area contributed by atoms with Crippen LogP contribution in [0.2, 0.25) is 0 Å². The van der Waals surface area contributed by atoms with Gasteiger partial charge in [-0.2, -0.15) is 0 Å². The molecular weight excluding hydrogens is 166 g/mol. The number of nitrogens with one attached hydrogen (secondary N) is 1. The van der Waals surface area contributed by atoms with Gasteiger partial charge in [-0.05, 0) is 12.3 Å². The number of amides is 2. The van der Waals surface area contributed by atoms with Crippen molar-refractivity contribution in [3.05, 3.63) is 11.6 Å². The molecule has 72 valence electrons. The van der Waals surface area contributed by atoms with Gasteiger partial charge in [0.1, 0.15) is 0 Å². The van der Waals surface area contributed by atoms with Gasteiger partial charge in [0.25, 0.3) is 11.8 Å². The van der Waals surface area contributed by atoms with Crippen molar-refractivity contribution < 1.29 is 9.59 Å². The topological polar surface area (TPSA) is 46.2 Å². The lowest BCUT2D eigenvalue weighted by molar-refractivity contribution is -0.123. The van der Waals surface area contributed by atoms with Gasteiger partial charge in [0.2, 0.25) is 0 Å². The van der Waals surface area contributed by atoms with Crippen molar-refractivity contribution in [3.63, 3.8) is 0 Å². The highest BCUT2D eigenvalue weighted by molar-refractivity contribution is 6.16. The lowest BCUT2D eigenvalue weighted by Crippen LogP contribution is -2.22. The van der Waals surface area contributed by atoms with E-state index in [0.29, 0.717) is 11.5 Å². The van der Waals surface area contributed by atoms with Crippen LogP contribution in [0.3, 0.4) is 0 Å². The highest BCUT2D eigenvalue weighted by Crippen LogP contribution is 2.20. The highest BCUT2D eigenvalue weighted by atomic mass is 16.2. The minimum atomic E-state index is -0.272. The lowest BCUT2D eigenvalue weighted by Gasteiger charge is -2.10. The van der Waals surface area contributed by atoms with Gasteiger partial charge in [0.15, 0.2) is 0 Å². The first-order valence-corrected chi connectivity index (χ1v) is 4.73. The van der Waals surface area contributed by atoms with Crippen LogP contribution in [0.1, 0.15) is 33.1 Å². The van der Waals surface area contributed by atoms with Crippen LogP contribution in [-0.4, -0.2) is 11.8 Å². The van der Waals surface area contributed by atoms with Crippen molar-refractivity contribution >= 4 is 11.8 Å². The fourth-order valence-corrected chi connectivity index (χ4v) is 1.49. The van der Waals surface area contributed by atoms with E-state index in [0.717, 1.165) is 19.3 Å². The molecule has 1 N–H and O–H groups in total. The van der Waals surface area contributed by atoms with Gasteiger partial charge in [-0.15, -0.1) is 0 Å². The van der Waals surface area contributed by atoms with E-state index in [1.807, 2.05) is 0 Å². The minimum Gasteiger partial charge on any atom is -0.289 e. The Labute approximate surface area is 78.2 Å². The minimum absolute atomic E-state index is 0.211. The van der Waals surface area contributed by atoms with E-state index in [2.05, 4.69) is 19.2 Å². The summed E-state index contributed by atoms with van der Waals surface area (Å²) in [6, 6.07) is 0. The third kappa shape index (κ3) is 2.41. The van der Waals surface area contributed by atoms with Crippen molar-refractivity contribution in [1.29, 1.82) is 0 Å². The summed E-state index contributed by atoms with van der Waals surface area (Å²) in [6.07, 6.45) is 4.25. The van der Waals surface area contributed by atoms with Crippen LogP contribution in [0.4, 0.5) is 0 Å². The van der Waals surface area contributed by atoms with E-state index in [4.69, 9.17) is 0 Å². The van der Waals surface area contributed by atoms with Crippen molar-refractivity contribution in [2.24, 2.45) is 5.92 Å². The molecule has 1 aliphatic heterocycles. The molecule has 0 bridgehead atoms. The van der Waals surface area contributed by atoms with E-state index < -0.39 is 0 Å². The Kier molecular flexibility index (Phi) is 3.23. The Hall–Kier alpha value is -1.12. The number of carbonyl (C=O) groups is 2. The summed E-state index contributed by atoms with van der Waals surface area (Å²) in [6.45, 7) is 4.20. The Morgan fingerprint density at radius 1 is 1.31 bits per heavy atom. The molecule has 0 fully saturated rings. The molecule has 1 heterocycles. The zero-order chi connectivity index (χ0) is 9.84. The van der Waals surface area contributed by atoms with E-state index in [1.165, 1.54) is 6.08 Å². The SMILES string of the molecule is CCC(CC)CC1=CC(=O)NC1=O. The zero-order valence-electron chi connectivity index (χ0n) is 8.09. The molecule has 0 aromatic heterocycles. The lowest BCUT2D eigenvalue weighted by atomic mass is 9.95. The van der Waals surface area contributed by atoms with Crippen LogP contribution < -0.4 is 5.32 Å². The van der Waals surface area contributed by atoms with Crippen molar-refractivity contribution in [2.75, 3.05) is 0 Å². The van der Waals surface area contributed by atoms with Crippen LogP contribution in [0.5, 0.6) is 0 Å². The maximum atomic E-state index is 11.2. The summed E-state index contributed by atoms with van der Waals surface area (Å²) in [4.78, 5) is 22.0. The Morgan fingerprint density at radius 3 is 2.31 bits per heavy atom. The molecule has 0 spiro atoms. The van der Waals surface area contributed by atoms with Gasteiger partial charge >= 0.3 is 0 Å². The van der Waals surface area contributed by atoms with Crippen LogP contribution >= 0.6 is 0 Å². The maximum Gasteiger partial charge on any atom is 0.254 e. The normalized spacial score (nSPS) is 16.4. The summed E-state index contributed by atoms with van der Waals surface area (Å²) in [5, 5.41) is 2.25. The Balaban J connectivity index is 2.58. The van der Waals surface area contributed by atoms with E-state index in [-0.39, 0.29) is 11.8 Å². The molecule has 0 saturated heterocycles. The van der Waals surface area contributed by atoms with Crippen LogP contribution in [0.15, 0.2) is 11.6 Å². The maximum absolute atomic E-state index is 11.2. The number of carbonyl (C=O) groups excluding carboxylic acids is 2. The second-order valence-corrected chi connectivity index (χ2v) is 3.37. The number of rotatable bonds is 4. The number of hydrogen-bond acceptors (Lipinski definition) is 2. The second kappa shape index (κ2) is 4.21. The van der Waals surface area contributed by atoms with Crippen LogP contribution in [-0.2, 0) is 9.59 Å². The fraction of sp³-hybridized carbons (Fsp3) is 0.600. The molecule has 0 radical (unpaired) electrons. The molecule has 3 heteroatoms. The van der Waals surface area contributed by atoms with E-state index in [1.54, 1.807) is 0 Å². The quantitative estimate of drug-likeness (QED) is 0.666. The van der Waals surface area contributed by atoms with Gasteiger partial charge in [-0.1, -0.05) is 26.7 Å². The molecule has 0 aromatic carbocycles.